The standard InChI is InChI=1S/C30H22N6Si/c1-3-9-25(10-4-1)37(26-11-5-2-6-12-26,29-27(33-18-20-35-29)23-13-16-31-17-14-23)30-28(34-19-21-36-30)24-8-7-15-32-22-24/h1-22H. The van der Waals surface area contributed by atoms with Crippen LogP contribution in [0.5, 0.6) is 0 Å². The molecule has 4 aromatic heterocycles. The molecular formula is C30H22N6Si. The Balaban J connectivity index is 1.80. The first kappa shape index (κ1) is 22.6. The lowest BCUT2D eigenvalue weighted by molar-refractivity contribution is 1.21. The number of rotatable bonds is 6. The van der Waals surface area contributed by atoms with Crippen LogP contribution in [0.1, 0.15) is 0 Å². The Morgan fingerprint density at radius 3 is 1.49 bits per heavy atom. The second kappa shape index (κ2) is 10.0. The van der Waals surface area contributed by atoms with Crippen LogP contribution >= 0.6 is 0 Å². The molecule has 176 valence electrons. The number of nitrogens with zero attached hydrogens (tertiary/aromatic N) is 6. The smallest absolute Gasteiger partial charge is 0.229 e. The molecule has 0 unspecified atom stereocenters. The average molecular weight is 495 g/mol. The van der Waals surface area contributed by atoms with Crippen LogP contribution in [-0.2, 0) is 0 Å². The fourth-order valence-electron chi connectivity index (χ4n) is 4.86. The van der Waals surface area contributed by atoms with Gasteiger partial charge in [0.15, 0.2) is 0 Å². The van der Waals surface area contributed by atoms with Crippen molar-refractivity contribution < 1.29 is 0 Å². The largest absolute Gasteiger partial charge is 0.265 e. The molecule has 6 nitrogen and oxygen atoms in total. The van der Waals surface area contributed by atoms with E-state index in [0.29, 0.717) is 0 Å². The summed E-state index contributed by atoms with van der Waals surface area (Å²) in [6.07, 6.45) is 14.2. The Morgan fingerprint density at radius 2 is 0.946 bits per heavy atom. The van der Waals surface area contributed by atoms with Crippen molar-refractivity contribution in [2.24, 2.45) is 0 Å². The van der Waals surface area contributed by atoms with E-state index in [2.05, 4.69) is 58.5 Å². The topological polar surface area (TPSA) is 77.3 Å². The van der Waals surface area contributed by atoms with E-state index in [0.717, 1.165) is 43.5 Å². The summed E-state index contributed by atoms with van der Waals surface area (Å²) >= 11 is 0. The predicted octanol–water partition coefficient (Wildman–Crippen LogP) is 2.77. The lowest BCUT2D eigenvalue weighted by Crippen LogP contribution is -2.77. The highest BCUT2D eigenvalue weighted by Crippen LogP contribution is 2.21. The number of pyridine rings is 2. The zero-order valence-electron chi connectivity index (χ0n) is 19.9. The minimum Gasteiger partial charge on any atom is -0.265 e. The third-order valence-corrected chi connectivity index (χ3v) is 11.0. The second-order valence-electron chi connectivity index (χ2n) is 8.47. The van der Waals surface area contributed by atoms with Crippen molar-refractivity contribution in [3.05, 3.63) is 135 Å². The summed E-state index contributed by atoms with van der Waals surface area (Å²) in [7, 11) is -3.15. The zero-order chi connectivity index (χ0) is 24.9. The van der Waals surface area contributed by atoms with Crippen molar-refractivity contribution in [2.75, 3.05) is 0 Å². The van der Waals surface area contributed by atoms with Crippen LogP contribution in [0.3, 0.4) is 0 Å². The molecule has 0 aliphatic rings. The van der Waals surface area contributed by atoms with E-state index in [1.807, 2.05) is 42.6 Å². The highest BCUT2D eigenvalue weighted by Gasteiger charge is 2.48. The van der Waals surface area contributed by atoms with E-state index in [-0.39, 0.29) is 0 Å². The Labute approximate surface area is 215 Å². The Bertz CT molecular complexity index is 1490. The van der Waals surface area contributed by atoms with Gasteiger partial charge in [0.1, 0.15) is 0 Å². The van der Waals surface area contributed by atoms with Gasteiger partial charge in [0.2, 0.25) is 8.07 Å². The normalized spacial score (nSPS) is 11.2. The maximum absolute atomic E-state index is 5.09. The third kappa shape index (κ3) is 4.01. The molecule has 0 atom stereocenters. The molecule has 0 saturated carbocycles. The number of hydrogen-bond donors (Lipinski definition) is 0. The molecule has 0 aliphatic heterocycles. The van der Waals surface area contributed by atoms with Crippen LogP contribution in [0, 0.1) is 0 Å². The van der Waals surface area contributed by atoms with E-state index in [1.165, 1.54) is 0 Å². The summed E-state index contributed by atoms with van der Waals surface area (Å²) in [5.74, 6) is 0. The van der Waals surface area contributed by atoms with Crippen LogP contribution in [-0.4, -0.2) is 38.0 Å². The fourth-order valence-corrected chi connectivity index (χ4v) is 9.56. The van der Waals surface area contributed by atoms with Crippen molar-refractivity contribution in [3.8, 4) is 22.5 Å². The molecule has 6 rings (SSSR count). The van der Waals surface area contributed by atoms with Crippen LogP contribution < -0.4 is 21.0 Å². The monoisotopic (exact) mass is 494 g/mol. The molecule has 0 radical (unpaired) electrons. The molecule has 0 N–H and O–H groups in total. The summed E-state index contributed by atoms with van der Waals surface area (Å²) in [5.41, 5.74) is 3.46. The SMILES string of the molecule is c1ccc([Si](c2ccccc2)(c2nccnc2-c2ccncc2)c2nccnc2-c2cccnc2)cc1. The van der Waals surface area contributed by atoms with E-state index < -0.39 is 8.07 Å². The van der Waals surface area contributed by atoms with Crippen molar-refractivity contribution in [1.82, 2.24) is 29.9 Å². The number of hydrogen-bond acceptors (Lipinski definition) is 6. The molecule has 37 heavy (non-hydrogen) atoms. The van der Waals surface area contributed by atoms with Gasteiger partial charge in [-0.15, -0.1) is 0 Å². The van der Waals surface area contributed by atoms with E-state index in [4.69, 9.17) is 19.9 Å². The quantitative estimate of drug-likeness (QED) is 0.332. The molecule has 6 aromatic rings. The lowest BCUT2D eigenvalue weighted by Gasteiger charge is -2.34. The molecule has 0 spiro atoms. The van der Waals surface area contributed by atoms with Gasteiger partial charge in [-0.2, -0.15) is 0 Å². The van der Waals surface area contributed by atoms with Crippen molar-refractivity contribution in [2.45, 2.75) is 0 Å². The van der Waals surface area contributed by atoms with Gasteiger partial charge in [-0.05, 0) is 34.6 Å². The minimum atomic E-state index is -3.15. The van der Waals surface area contributed by atoms with Gasteiger partial charge in [-0.25, -0.2) is 0 Å². The molecule has 0 fully saturated rings. The lowest BCUT2D eigenvalue weighted by atomic mass is 10.2. The fraction of sp³-hybridized carbons (Fsp3) is 0. The molecule has 0 saturated heterocycles. The summed E-state index contributed by atoms with van der Waals surface area (Å²) < 4.78 is 0. The summed E-state index contributed by atoms with van der Waals surface area (Å²) in [5, 5.41) is 4.06. The van der Waals surface area contributed by atoms with Crippen molar-refractivity contribution >= 4 is 29.1 Å². The molecule has 7 heteroatoms. The van der Waals surface area contributed by atoms with Gasteiger partial charge in [0, 0.05) is 60.7 Å². The first-order valence-corrected chi connectivity index (χ1v) is 13.9. The highest BCUT2D eigenvalue weighted by molar-refractivity contribution is 7.20. The molecule has 4 heterocycles. The first-order chi connectivity index (χ1) is 18.4. The Hall–Kier alpha value is -4.88. The summed E-state index contributed by atoms with van der Waals surface area (Å²) in [6, 6.07) is 28.9. The zero-order valence-corrected chi connectivity index (χ0v) is 20.9. The maximum atomic E-state index is 5.09. The maximum Gasteiger partial charge on any atom is 0.229 e. The number of aromatic nitrogens is 6. The Morgan fingerprint density at radius 1 is 0.405 bits per heavy atom. The average Bonchev–Trinajstić information content (AvgIpc) is 3.00. The van der Waals surface area contributed by atoms with Gasteiger partial charge >= 0.3 is 0 Å². The van der Waals surface area contributed by atoms with Crippen molar-refractivity contribution in [1.29, 1.82) is 0 Å². The third-order valence-electron chi connectivity index (χ3n) is 6.41. The predicted molar refractivity (Wildman–Crippen MR) is 148 cm³/mol. The van der Waals surface area contributed by atoms with Gasteiger partial charge in [0.25, 0.3) is 0 Å². The molecule has 0 amide bonds. The molecule has 0 aliphatic carbocycles. The second-order valence-corrected chi connectivity index (χ2v) is 12.1. The summed E-state index contributed by atoms with van der Waals surface area (Å²) in [4.78, 5) is 28.5. The molecular weight excluding hydrogens is 472 g/mol. The van der Waals surface area contributed by atoms with E-state index >= 15 is 0 Å². The molecule has 2 aromatic carbocycles. The Kier molecular flexibility index (Phi) is 6.10. The first-order valence-electron chi connectivity index (χ1n) is 11.9. The van der Waals surface area contributed by atoms with Gasteiger partial charge in [-0.1, -0.05) is 60.7 Å². The van der Waals surface area contributed by atoms with Gasteiger partial charge in [0.05, 0.1) is 22.0 Å². The van der Waals surface area contributed by atoms with E-state index in [9.17, 15) is 0 Å². The number of benzene rings is 2. The van der Waals surface area contributed by atoms with Crippen LogP contribution in [0.15, 0.2) is 135 Å². The van der Waals surface area contributed by atoms with Crippen LogP contribution in [0.2, 0.25) is 0 Å². The highest BCUT2D eigenvalue weighted by atomic mass is 28.3. The minimum absolute atomic E-state index is 0.793. The van der Waals surface area contributed by atoms with Gasteiger partial charge in [-0.3, -0.25) is 29.9 Å². The van der Waals surface area contributed by atoms with Gasteiger partial charge < -0.3 is 0 Å². The summed E-state index contributed by atoms with van der Waals surface area (Å²) in [6.45, 7) is 0. The molecule has 0 bridgehead atoms. The van der Waals surface area contributed by atoms with Crippen LogP contribution in [0.4, 0.5) is 0 Å². The van der Waals surface area contributed by atoms with Crippen molar-refractivity contribution in [3.63, 3.8) is 0 Å². The van der Waals surface area contributed by atoms with E-state index in [1.54, 1.807) is 43.4 Å². The van der Waals surface area contributed by atoms with Crippen LogP contribution in [0.25, 0.3) is 22.5 Å².